The summed E-state index contributed by atoms with van der Waals surface area (Å²) in [4.78, 5) is 26.9. The van der Waals surface area contributed by atoms with E-state index in [0.717, 1.165) is 24.0 Å². The van der Waals surface area contributed by atoms with Gasteiger partial charge in [-0.1, -0.05) is 57.4 Å². The van der Waals surface area contributed by atoms with Crippen molar-refractivity contribution in [3.05, 3.63) is 64.7 Å². The Kier molecular flexibility index (Phi) is 7.79. The van der Waals surface area contributed by atoms with Crippen molar-refractivity contribution in [1.29, 1.82) is 0 Å². The quantitative estimate of drug-likeness (QED) is 0.496. The summed E-state index contributed by atoms with van der Waals surface area (Å²) in [5.41, 5.74) is 5.97. The van der Waals surface area contributed by atoms with Crippen LogP contribution in [-0.4, -0.2) is 30.0 Å². The molecule has 0 radical (unpaired) electrons. The monoisotopic (exact) mass is 410 g/mol. The van der Waals surface area contributed by atoms with Crippen molar-refractivity contribution in [2.45, 2.75) is 60.4 Å². The van der Waals surface area contributed by atoms with Gasteiger partial charge in [-0.15, -0.1) is 0 Å². The Hall–Kier alpha value is -2.66. The highest BCUT2D eigenvalue weighted by Crippen LogP contribution is 2.25. The fourth-order valence-corrected chi connectivity index (χ4v) is 3.46. The highest BCUT2D eigenvalue weighted by atomic mass is 16.5. The smallest absolute Gasteiger partial charge is 0.275 e. The van der Waals surface area contributed by atoms with E-state index in [-0.39, 0.29) is 17.4 Å². The first kappa shape index (κ1) is 23.6. The minimum atomic E-state index is -0.400. The molecule has 0 unspecified atom stereocenters. The van der Waals surface area contributed by atoms with Gasteiger partial charge in [-0.3, -0.25) is 9.59 Å². The Labute approximate surface area is 180 Å². The third-order valence-electron chi connectivity index (χ3n) is 5.10. The van der Waals surface area contributed by atoms with Crippen LogP contribution in [0.4, 0.5) is 0 Å². The molecule has 0 saturated carbocycles. The molecule has 162 valence electrons. The number of hydrogen-bond acceptors (Lipinski definition) is 4. The van der Waals surface area contributed by atoms with E-state index < -0.39 is 5.91 Å². The zero-order valence-electron chi connectivity index (χ0n) is 19.2. The van der Waals surface area contributed by atoms with Crippen LogP contribution in [0.3, 0.4) is 0 Å². The summed E-state index contributed by atoms with van der Waals surface area (Å²) in [5, 5.41) is 1.18. The summed E-state index contributed by atoms with van der Waals surface area (Å²) in [5.74, 6) is -0.191. The minimum absolute atomic E-state index is 0.0492. The molecular formula is C25H34N2O3. The third-order valence-corrected chi connectivity index (χ3v) is 5.10. The van der Waals surface area contributed by atoms with Crippen LogP contribution in [0, 0.1) is 19.3 Å². The molecule has 0 aliphatic rings. The van der Waals surface area contributed by atoms with Crippen molar-refractivity contribution in [1.82, 2.24) is 10.4 Å². The van der Waals surface area contributed by atoms with Crippen LogP contribution in [0.15, 0.2) is 42.5 Å². The van der Waals surface area contributed by atoms with E-state index >= 15 is 0 Å². The fourth-order valence-electron chi connectivity index (χ4n) is 3.46. The Morgan fingerprint density at radius 1 is 1.00 bits per heavy atom. The number of nitrogens with zero attached hydrogens (tertiary/aromatic N) is 1. The van der Waals surface area contributed by atoms with Gasteiger partial charge in [0.05, 0.1) is 7.11 Å². The maximum Gasteiger partial charge on any atom is 0.275 e. The molecular weight excluding hydrogens is 376 g/mol. The molecule has 0 aromatic heterocycles. The van der Waals surface area contributed by atoms with Gasteiger partial charge in [-0.05, 0) is 56.0 Å². The average Bonchev–Trinajstić information content (AvgIpc) is 2.68. The number of nitrogens with one attached hydrogen (secondary N) is 1. The van der Waals surface area contributed by atoms with Crippen molar-refractivity contribution in [3.63, 3.8) is 0 Å². The number of hydrazine groups is 1. The Morgan fingerprint density at radius 3 is 2.13 bits per heavy atom. The number of imide groups is 1. The summed E-state index contributed by atoms with van der Waals surface area (Å²) in [7, 11) is 1.55. The van der Waals surface area contributed by atoms with Gasteiger partial charge in [0.1, 0.15) is 5.75 Å². The van der Waals surface area contributed by atoms with E-state index in [2.05, 4.69) is 33.1 Å². The molecule has 0 bridgehead atoms. The lowest BCUT2D eigenvalue weighted by Crippen LogP contribution is -2.55. The molecule has 0 aliphatic carbocycles. The van der Waals surface area contributed by atoms with Crippen molar-refractivity contribution >= 4 is 11.8 Å². The summed E-state index contributed by atoms with van der Waals surface area (Å²) >= 11 is 0. The minimum Gasteiger partial charge on any atom is -0.497 e. The predicted molar refractivity (Wildman–Crippen MR) is 121 cm³/mol. The van der Waals surface area contributed by atoms with E-state index in [1.54, 1.807) is 31.4 Å². The van der Waals surface area contributed by atoms with Crippen LogP contribution in [-0.2, 0) is 0 Å². The highest BCUT2D eigenvalue weighted by Gasteiger charge is 2.32. The third kappa shape index (κ3) is 5.92. The van der Waals surface area contributed by atoms with Crippen LogP contribution in [0.1, 0.15) is 72.4 Å². The lowest BCUT2D eigenvalue weighted by Gasteiger charge is -2.35. The largest absolute Gasteiger partial charge is 0.497 e. The van der Waals surface area contributed by atoms with Crippen LogP contribution in [0.25, 0.3) is 0 Å². The standard InChI is InChI=1S/C25H34N2O3/c1-8-10-22(25(4,5)6)26-27(23(28)19-11-9-12-21(16-19)30-7)24(29)20-14-17(2)13-18(3)15-20/h9,11-16,22,26H,8,10H2,1-7H3/t22-/m1/s1. The van der Waals surface area contributed by atoms with Crippen molar-refractivity contribution in [2.75, 3.05) is 7.11 Å². The van der Waals surface area contributed by atoms with Gasteiger partial charge in [0.15, 0.2) is 0 Å². The number of carbonyl (C=O) groups excluding carboxylic acids is 2. The number of hydrogen-bond donors (Lipinski definition) is 1. The molecule has 1 N–H and O–H groups in total. The van der Waals surface area contributed by atoms with Crippen LogP contribution in [0.2, 0.25) is 0 Å². The van der Waals surface area contributed by atoms with Gasteiger partial charge in [0.25, 0.3) is 11.8 Å². The summed E-state index contributed by atoms with van der Waals surface area (Å²) < 4.78 is 5.26. The molecule has 5 heteroatoms. The molecule has 2 amide bonds. The maximum absolute atomic E-state index is 13.5. The second-order valence-corrected chi connectivity index (χ2v) is 8.89. The molecule has 0 heterocycles. The van der Waals surface area contributed by atoms with E-state index in [1.165, 1.54) is 5.01 Å². The number of benzene rings is 2. The van der Waals surface area contributed by atoms with E-state index in [9.17, 15) is 9.59 Å². The number of amides is 2. The van der Waals surface area contributed by atoms with Gasteiger partial charge in [0.2, 0.25) is 0 Å². The number of ether oxygens (including phenoxy) is 1. The predicted octanol–water partition coefficient (Wildman–Crippen LogP) is 5.31. The lowest BCUT2D eigenvalue weighted by atomic mass is 9.84. The van der Waals surface area contributed by atoms with Gasteiger partial charge in [0, 0.05) is 17.2 Å². The zero-order valence-corrected chi connectivity index (χ0v) is 19.2. The number of carbonyl (C=O) groups is 2. The van der Waals surface area contributed by atoms with E-state index in [4.69, 9.17) is 4.74 Å². The summed E-state index contributed by atoms with van der Waals surface area (Å²) in [6.07, 6.45) is 1.78. The average molecular weight is 411 g/mol. The van der Waals surface area contributed by atoms with Crippen molar-refractivity contribution < 1.29 is 14.3 Å². The van der Waals surface area contributed by atoms with Gasteiger partial charge >= 0.3 is 0 Å². The molecule has 0 fully saturated rings. The fraction of sp³-hybridized carbons (Fsp3) is 0.440. The van der Waals surface area contributed by atoms with Crippen LogP contribution < -0.4 is 10.2 Å². The molecule has 0 aliphatic heterocycles. The van der Waals surface area contributed by atoms with Gasteiger partial charge < -0.3 is 4.74 Å². The molecule has 2 aromatic carbocycles. The normalized spacial score (nSPS) is 12.4. The van der Waals surface area contributed by atoms with Gasteiger partial charge in [-0.2, -0.15) is 0 Å². The summed E-state index contributed by atoms with van der Waals surface area (Å²) in [6, 6.07) is 12.5. The maximum atomic E-state index is 13.5. The first-order valence-corrected chi connectivity index (χ1v) is 10.4. The van der Waals surface area contributed by atoms with E-state index in [1.807, 2.05) is 32.0 Å². The second kappa shape index (κ2) is 9.90. The topological polar surface area (TPSA) is 58.6 Å². The first-order chi connectivity index (χ1) is 14.1. The van der Waals surface area contributed by atoms with Crippen LogP contribution in [0.5, 0.6) is 5.75 Å². The molecule has 30 heavy (non-hydrogen) atoms. The van der Waals surface area contributed by atoms with Crippen LogP contribution >= 0.6 is 0 Å². The summed E-state index contributed by atoms with van der Waals surface area (Å²) in [6.45, 7) is 12.3. The molecule has 0 saturated heterocycles. The molecule has 1 atom stereocenters. The van der Waals surface area contributed by atoms with Crippen molar-refractivity contribution in [2.24, 2.45) is 5.41 Å². The first-order valence-electron chi connectivity index (χ1n) is 10.4. The van der Waals surface area contributed by atoms with Gasteiger partial charge in [-0.25, -0.2) is 10.4 Å². The number of methoxy groups -OCH3 is 1. The molecule has 2 rings (SSSR count). The number of aryl methyl sites for hydroxylation is 2. The molecule has 5 nitrogen and oxygen atoms in total. The Morgan fingerprint density at radius 2 is 1.60 bits per heavy atom. The Bertz CT molecular complexity index is 879. The lowest BCUT2D eigenvalue weighted by molar-refractivity contribution is 0.0425. The second-order valence-electron chi connectivity index (χ2n) is 8.89. The van der Waals surface area contributed by atoms with Crippen molar-refractivity contribution in [3.8, 4) is 5.75 Å². The Balaban J connectivity index is 2.50. The SMILES string of the molecule is CCC[C@@H](NN(C(=O)c1cc(C)cc(C)c1)C(=O)c1cccc(OC)c1)C(C)(C)C. The van der Waals surface area contributed by atoms with E-state index in [0.29, 0.717) is 16.9 Å². The molecule has 2 aromatic rings. The molecule has 0 spiro atoms. The highest BCUT2D eigenvalue weighted by molar-refractivity contribution is 6.10. The number of rotatable bonds is 7. The zero-order chi connectivity index (χ0) is 22.5.